The van der Waals surface area contributed by atoms with Gasteiger partial charge in [0.15, 0.2) is 0 Å². The van der Waals surface area contributed by atoms with Crippen molar-refractivity contribution in [2.24, 2.45) is 0 Å². The van der Waals surface area contributed by atoms with E-state index in [9.17, 15) is 5.11 Å². The van der Waals surface area contributed by atoms with Gasteiger partial charge in [-0.3, -0.25) is 9.88 Å². The fourth-order valence-corrected chi connectivity index (χ4v) is 4.93. The normalized spacial score (nSPS) is 15.9. The van der Waals surface area contributed by atoms with Crippen LogP contribution in [0.1, 0.15) is 24.6 Å². The van der Waals surface area contributed by atoms with Crippen molar-refractivity contribution in [3.8, 4) is 11.4 Å². The first-order valence-electron chi connectivity index (χ1n) is 11.9. The summed E-state index contributed by atoms with van der Waals surface area (Å²) in [6, 6.07) is 20.4. The highest BCUT2D eigenvalue weighted by molar-refractivity contribution is 5.94. The van der Waals surface area contributed by atoms with E-state index in [2.05, 4.69) is 33.0 Å². The molecule has 3 heterocycles. The highest BCUT2D eigenvalue weighted by Crippen LogP contribution is 2.36. The molecular formula is C27H31N5O2. The van der Waals surface area contributed by atoms with Gasteiger partial charge in [-0.05, 0) is 49.2 Å². The van der Waals surface area contributed by atoms with Gasteiger partial charge in [0.2, 0.25) is 0 Å². The number of anilines is 1. The lowest BCUT2D eigenvalue weighted by Gasteiger charge is -2.30. The standard InChI is InChI=1S/C27H31N5O2/c1-34-25-11-10-21-7-5-14-28-26(21)27(25)31-16-6-15-30(18-19-31)24(13-20-33)23-12-17-32(29-23)22-8-3-2-4-9-22/h2-5,7-12,14,17,24,33H,6,13,15-16,18-20H2,1H3. The third kappa shape index (κ3) is 4.49. The Hall–Kier alpha value is -3.42. The van der Waals surface area contributed by atoms with Crippen molar-refractivity contribution in [2.75, 3.05) is 44.8 Å². The molecule has 0 saturated carbocycles. The molecule has 4 aromatic rings. The number of hydrogen-bond donors (Lipinski definition) is 1. The van der Waals surface area contributed by atoms with E-state index >= 15 is 0 Å². The predicted molar refractivity (Wildman–Crippen MR) is 135 cm³/mol. The second-order valence-electron chi connectivity index (χ2n) is 8.62. The second kappa shape index (κ2) is 10.2. The van der Waals surface area contributed by atoms with Gasteiger partial charge in [0.05, 0.1) is 30.0 Å². The van der Waals surface area contributed by atoms with Gasteiger partial charge in [-0.25, -0.2) is 4.68 Å². The van der Waals surface area contributed by atoms with Crippen molar-refractivity contribution < 1.29 is 9.84 Å². The van der Waals surface area contributed by atoms with E-state index in [-0.39, 0.29) is 12.6 Å². The maximum absolute atomic E-state index is 9.84. The zero-order valence-electron chi connectivity index (χ0n) is 19.5. The van der Waals surface area contributed by atoms with Crippen molar-refractivity contribution >= 4 is 16.6 Å². The zero-order chi connectivity index (χ0) is 23.3. The molecule has 0 amide bonds. The monoisotopic (exact) mass is 457 g/mol. The van der Waals surface area contributed by atoms with Crippen LogP contribution in [0.3, 0.4) is 0 Å². The average Bonchev–Trinajstić information content (AvgIpc) is 3.26. The van der Waals surface area contributed by atoms with E-state index in [0.29, 0.717) is 6.42 Å². The van der Waals surface area contributed by atoms with Crippen LogP contribution in [0.4, 0.5) is 5.69 Å². The maximum atomic E-state index is 9.84. The Labute approximate surface area is 200 Å². The van der Waals surface area contributed by atoms with E-state index in [1.165, 1.54) is 0 Å². The molecular weight excluding hydrogens is 426 g/mol. The molecule has 176 valence electrons. The number of methoxy groups -OCH3 is 1. The predicted octanol–water partition coefficient (Wildman–Crippen LogP) is 4.06. The van der Waals surface area contributed by atoms with Gasteiger partial charge in [0.1, 0.15) is 11.4 Å². The molecule has 0 bridgehead atoms. The fraction of sp³-hybridized carbons (Fsp3) is 0.333. The molecule has 2 aromatic heterocycles. The van der Waals surface area contributed by atoms with Gasteiger partial charge < -0.3 is 14.7 Å². The summed E-state index contributed by atoms with van der Waals surface area (Å²) >= 11 is 0. The number of aromatic nitrogens is 3. The number of ether oxygens (including phenoxy) is 1. The van der Waals surface area contributed by atoms with E-state index < -0.39 is 0 Å². The minimum Gasteiger partial charge on any atom is -0.494 e. The Morgan fingerprint density at radius 1 is 0.971 bits per heavy atom. The maximum Gasteiger partial charge on any atom is 0.144 e. The number of benzene rings is 2. The minimum absolute atomic E-state index is 0.0717. The van der Waals surface area contributed by atoms with Crippen LogP contribution in [0.15, 0.2) is 73.1 Å². The zero-order valence-corrected chi connectivity index (χ0v) is 19.5. The molecule has 1 saturated heterocycles. The van der Waals surface area contributed by atoms with Gasteiger partial charge >= 0.3 is 0 Å². The van der Waals surface area contributed by atoms with Crippen LogP contribution >= 0.6 is 0 Å². The van der Waals surface area contributed by atoms with Crippen molar-refractivity contribution in [1.29, 1.82) is 0 Å². The number of aliphatic hydroxyl groups excluding tert-OH is 1. The molecule has 0 radical (unpaired) electrons. The molecule has 7 nitrogen and oxygen atoms in total. The minimum atomic E-state index is 0.0717. The number of rotatable bonds is 7. The molecule has 1 aliphatic rings. The topological polar surface area (TPSA) is 66.7 Å². The summed E-state index contributed by atoms with van der Waals surface area (Å²) in [6.45, 7) is 3.72. The Morgan fingerprint density at radius 3 is 2.68 bits per heavy atom. The Bertz CT molecular complexity index is 1230. The molecule has 1 N–H and O–H groups in total. The highest BCUT2D eigenvalue weighted by atomic mass is 16.5. The Kier molecular flexibility index (Phi) is 6.74. The first-order chi connectivity index (χ1) is 16.8. The van der Waals surface area contributed by atoms with Crippen molar-refractivity contribution in [3.63, 3.8) is 0 Å². The quantitative estimate of drug-likeness (QED) is 0.451. The molecule has 0 aliphatic carbocycles. The van der Waals surface area contributed by atoms with E-state index in [4.69, 9.17) is 9.84 Å². The second-order valence-corrected chi connectivity index (χ2v) is 8.62. The number of para-hydroxylation sites is 1. The van der Waals surface area contributed by atoms with Crippen molar-refractivity contribution in [3.05, 3.63) is 78.8 Å². The number of aliphatic hydroxyl groups is 1. The van der Waals surface area contributed by atoms with Gasteiger partial charge in [-0.15, -0.1) is 0 Å². The summed E-state index contributed by atoms with van der Waals surface area (Å²) in [5.41, 5.74) is 4.07. The number of hydrogen-bond acceptors (Lipinski definition) is 6. The number of nitrogens with zero attached hydrogens (tertiary/aromatic N) is 5. The molecule has 34 heavy (non-hydrogen) atoms. The molecule has 0 spiro atoms. The first kappa shape index (κ1) is 22.4. The van der Waals surface area contributed by atoms with Gasteiger partial charge in [0, 0.05) is 50.6 Å². The third-order valence-corrected chi connectivity index (χ3v) is 6.59. The van der Waals surface area contributed by atoms with Crippen LogP contribution in [0.25, 0.3) is 16.6 Å². The largest absolute Gasteiger partial charge is 0.494 e. The third-order valence-electron chi connectivity index (χ3n) is 6.59. The van der Waals surface area contributed by atoms with Crippen LogP contribution in [-0.2, 0) is 0 Å². The lowest BCUT2D eigenvalue weighted by Crippen LogP contribution is -2.34. The summed E-state index contributed by atoms with van der Waals surface area (Å²) in [5.74, 6) is 0.855. The Morgan fingerprint density at radius 2 is 1.85 bits per heavy atom. The van der Waals surface area contributed by atoms with Gasteiger partial charge in [-0.1, -0.05) is 24.3 Å². The Balaban J connectivity index is 1.39. The molecule has 7 heteroatoms. The van der Waals surface area contributed by atoms with Crippen LogP contribution in [0, 0.1) is 0 Å². The lowest BCUT2D eigenvalue weighted by molar-refractivity contribution is 0.162. The summed E-state index contributed by atoms with van der Waals surface area (Å²) in [7, 11) is 1.72. The summed E-state index contributed by atoms with van der Waals surface area (Å²) in [5, 5.41) is 15.8. The van der Waals surface area contributed by atoms with Crippen molar-refractivity contribution in [1.82, 2.24) is 19.7 Å². The lowest BCUT2D eigenvalue weighted by atomic mass is 10.1. The van der Waals surface area contributed by atoms with E-state index in [1.807, 2.05) is 59.5 Å². The summed E-state index contributed by atoms with van der Waals surface area (Å²) in [4.78, 5) is 9.53. The van der Waals surface area contributed by atoms with Gasteiger partial charge in [-0.2, -0.15) is 5.10 Å². The summed E-state index contributed by atoms with van der Waals surface area (Å²) in [6.07, 6.45) is 5.51. The van der Waals surface area contributed by atoms with Crippen LogP contribution in [0.2, 0.25) is 0 Å². The molecule has 1 aliphatic heterocycles. The number of pyridine rings is 1. The molecule has 2 aromatic carbocycles. The van der Waals surface area contributed by atoms with E-state index in [0.717, 1.165) is 66.3 Å². The first-order valence-corrected chi connectivity index (χ1v) is 11.9. The molecule has 5 rings (SSSR count). The van der Waals surface area contributed by atoms with Crippen LogP contribution in [0.5, 0.6) is 5.75 Å². The van der Waals surface area contributed by atoms with Gasteiger partial charge in [0.25, 0.3) is 0 Å². The highest BCUT2D eigenvalue weighted by Gasteiger charge is 2.27. The van der Waals surface area contributed by atoms with Crippen molar-refractivity contribution in [2.45, 2.75) is 18.9 Å². The fourth-order valence-electron chi connectivity index (χ4n) is 4.93. The van der Waals surface area contributed by atoms with Crippen LogP contribution < -0.4 is 9.64 Å². The van der Waals surface area contributed by atoms with Crippen LogP contribution in [-0.4, -0.2) is 64.7 Å². The average molecular weight is 458 g/mol. The molecule has 1 fully saturated rings. The molecule has 1 unspecified atom stereocenters. The summed E-state index contributed by atoms with van der Waals surface area (Å²) < 4.78 is 7.65. The van der Waals surface area contributed by atoms with E-state index in [1.54, 1.807) is 7.11 Å². The smallest absolute Gasteiger partial charge is 0.144 e. The number of fused-ring (bicyclic) bond motifs is 1. The SMILES string of the molecule is COc1ccc2cccnc2c1N1CCCN(C(CCO)c2ccn(-c3ccccc3)n2)CC1. The molecule has 1 atom stereocenters.